The number of allylic oxidation sites excluding steroid dienone is 3. The largest absolute Gasteiger partial charge is 0.507 e. The third-order valence-corrected chi connectivity index (χ3v) is 7.40. The van der Waals surface area contributed by atoms with E-state index in [-0.39, 0.29) is 16.7 Å². The summed E-state index contributed by atoms with van der Waals surface area (Å²) in [5.74, 6) is -0.251. The quantitative estimate of drug-likeness (QED) is 0.341. The van der Waals surface area contributed by atoms with Crippen LogP contribution in [0, 0.1) is 5.41 Å². The van der Waals surface area contributed by atoms with Gasteiger partial charge in [-0.15, -0.1) is 0 Å². The number of rotatable bonds is 7. The number of nitrogens with zero attached hydrogens (tertiary/aromatic N) is 2. The van der Waals surface area contributed by atoms with Crippen molar-refractivity contribution in [2.45, 2.75) is 53.5 Å². The molecule has 7 heteroatoms. The van der Waals surface area contributed by atoms with E-state index in [1.54, 1.807) is 23.1 Å². The molecule has 1 saturated heterocycles. The topological polar surface area (TPSA) is 79.3 Å². The second-order valence-electron chi connectivity index (χ2n) is 10.6. The summed E-state index contributed by atoms with van der Waals surface area (Å²) in [6.45, 7) is 14.4. The van der Waals surface area contributed by atoms with E-state index in [1.165, 1.54) is 5.57 Å². The van der Waals surface area contributed by atoms with Crippen molar-refractivity contribution in [2.75, 3.05) is 39.4 Å². The van der Waals surface area contributed by atoms with Gasteiger partial charge in [0.1, 0.15) is 19.0 Å². The second kappa shape index (κ2) is 10.5. The maximum Gasteiger partial charge on any atom is 0.295 e. The van der Waals surface area contributed by atoms with Gasteiger partial charge in [0.05, 0.1) is 11.6 Å². The number of benzene rings is 1. The van der Waals surface area contributed by atoms with Gasteiger partial charge in [0.25, 0.3) is 11.7 Å². The van der Waals surface area contributed by atoms with E-state index in [0.717, 1.165) is 31.5 Å². The number of likely N-dealkylation sites (tertiary alicyclic amines) is 1. The van der Waals surface area contributed by atoms with Crippen molar-refractivity contribution >= 4 is 17.4 Å². The highest BCUT2D eigenvalue weighted by Crippen LogP contribution is 2.40. The molecule has 1 unspecified atom stereocenters. The Kier molecular flexibility index (Phi) is 7.59. The molecule has 36 heavy (non-hydrogen) atoms. The zero-order valence-corrected chi connectivity index (χ0v) is 22.1. The summed E-state index contributed by atoms with van der Waals surface area (Å²) in [4.78, 5) is 30.5. The lowest BCUT2D eigenvalue weighted by atomic mass is 9.78. The Bertz CT molecular complexity index is 1120. The zero-order chi connectivity index (χ0) is 26.0. The molecule has 194 valence electrons. The van der Waals surface area contributed by atoms with Gasteiger partial charge in [0, 0.05) is 18.7 Å². The molecule has 2 heterocycles. The van der Waals surface area contributed by atoms with Crippen molar-refractivity contribution in [3.05, 3.63) is 52.6 Å². The number of carbonyl (C=O) groups excluding carboxylic acids is 2. The highest BCUT2D eigenvalue weighted by atomic mass is 16.6. The summed E-state index contributed by atoms with van der Waals surface area (Å²) >= 11 is 0. The molecule has 0 aromatic heterocycles. The molecule has 0 bridgehead atoms. The van der Waals surface area contributed by atoms with Crippen LogP contribution in [-0.2, 0) is 9.59 Å². The minimum Gasteiger partial charge on any atom is -0.507 e. The monoisotopic (exact) mass is 494 g/mol. The molecule has 2 aliphatic heterocycles. The summed E-state index contributed by atoms with van der Waals surface area (Å²) in [7, 11) is 0. The standard InChI is InChI=1S/C29H38N2O5/c1-6-30(7-2)14-15-31-25(19-8-11-21(12-9-19)29(3,4)5)24(27(33)28(31)34)26(32)20-10-13-22-23(18-20)36-17-16-35-22/h8,10-11,13,18,25,32H,6-7,9,12,14-17H2,1-5H3. The molecule has 3 aliphatic rings. The van der Waals surface area contributed by atoms with Crippen LogP contribution in [0.15, 0.2) is 47.1 Å². The fourth-order valence-electron chi connectivity index (χ4n) is 5.14. The summed E-state index contributed by atoms with van der Waals surface area (Å²) < 4.78 is 11.3. The van der Waals surface area contributed by atoms with Gasteiger partial charge in [-0.1, -0.05) is 52.3 Å². The Balaban J connectivity index is 1.77. The number of likely N-dealkylation sites (N-methyl/N-ethyl adjacent to an activating group) is 1. The SMILES string of the molecule is CCN(CC)CCN1C(=O)C(=O)C(=C(O)c2ccc3c(c2)OCCO3)C1C1=CC=C(C(C)(C)C)CC1. The first-order valence-corrected chi connectivity index (χ1v) is 13.0. The number of Topliss-reactive ketones (excluding diaryl/α,β-unsaturated/α-hetero) is 1. The molecular formula is C29H38N2O5. The van der Waals surface area contributed by atoms with Gasteiger partial charge in [-0.3, -0.25) is 9.59 Å². The third kappa shape index (κ3) is 5.07. The van der Waals surface area contributed by atoms with Crippen LogP contribution in [0.4, 0.5) is 0 Å². The van der Waals surface area contributed by atoms with E-state index in [4.69, 9.17) is 9.47 Å². The van der Waals surface area contributed by atoms with Crippen molar-refractivity contribution < 1.29 is 24.2 Å². The Hall–Kier alpha value is -3.06. The Morgan fingerprint density at radius 3 is 2.36 bits per heavy atom. The average Bonchev–Trinajstić information content (AvgIpc) is 3.13. The van der Waals surface area contributed by atoms with Crippen molar-refractivity contribution in [1.29, 1.82) is 0 Å². The van der Waals surface area contributed by atoms with Gasteiger partial charge in [-0.2, -0.15) is 0 Å². The van der Waals surface area contributed by atoms with E-state index >= 15 is 0 Å². The lowest BCUT2D eigenvalue weighted by molar-refractivity contribution is -0.139. The molecule has 1 amide bonds. The number of fused-ring (bicyclic) bond motifs is 1. The van der Waals surface area contributed by atoms with Gasteiger partial charge >= 0.3 is 0 Å². The molecule has 1 aliphatic carbocycles. The highest BCUT2D eigenvalue weighted by Gasteiger charge is 2.47. The predicted molar refractivity (Wildman–Crippen MR) is 140 cm³/mol. The molecule has 0 radical (unpaired) electrons. The molecular weight excluding hydrogens is 456 g/mol. The molecule has 1 aromatic carbocycles. The smallest absolute Gasteiger partial charge is 0.295 e. The molecule has 4 rings (SSSR count). The predicted octanol–water partition coefficient (Wildman–Crippen LogP) is 4.54. The lowest BCUT2D eigenvalue weighted by Crippen LogP contribution is -2.41. The van der Waals surface area contributed by atoms with Crippen molar-refractivity contribution in [3.63, 3.8) is 0 Å². The summed E-state index contributed by atoms with van der Waals surface area (Å²) in [5, 5.41) is 11.4. The Labute approximate surface area is 214 Å². The first-order chi connectivity index (χ1) is 17.2. The maximum absolute atomic E-state index is 13.4. The molecule has 0 saturated carbocycles. The molecule has 1 aromatic rings. The van der Waals surface area contributed by atoms with E-state index in [9.17, 15) is 14.7 Å². The maximum atomic E-state index is 13.4. The minimum absolute atomic E-state index is 0.0534. The van der Waals surface area contributed by atoms with Crippen LogP contribution in [0.5, 0.6) is 11.5 Å². The lowest BCUT2D eigenvalue weighted by Gasteiger charge is -2.32. The number of ketones is 1. The number of amides is 1. The molecule has 1 atom stereocenters. The number of aliphatic hydroxyl groups excluding tert-OH is 1. The molecule has 1 fully saturated rings. The number of ether oxygens (including phenoxy) is 2. The summed E-state index contributed by atoms with van der Waals surface area (Å²) in [5.41, 5.74) is 2.94. The van der Waals surface area contributed by atoms with Gasteiger partial charge < -0.3 is 24.4 Å². The van der Waals surface area contributed by atoms with Crippen molar-refractivity contribution in [2.24, 2.45) is 5.41 Å². The summed E-state index contributed by atoms with van der Waals surface area (Å²) in [6.07, 6.45) is 5.75. The molecule has 0 spiro atoms. The Morgan fingerprint density at radius 1 is 1.06 bits per heavy atom. The highest BCUT2D eigenvalue weighted by molar-refractivity contribution is 6.47. The third-order valence-electron chi connectivity index (χ3n) is 7.40. The van der Waals surface area contributed by atoms with Gasteiger partial charge in [-0.25, -0.2) is 0 Å². The van der Waals surface area contributed by atoms with Gasteiger partial charge in [0.15, 0.2) is 11.5 Å². The number of hydrogen-bond acceptors (Lipinski definition) is 6. The van der Waals surface area contributed by atoms with Gasteiger partial charge in [0.2, 0.25) is 0 Å². The number of carbonyl (C=O) groups is 2. The van der Waals surface area contributed by atoms with E-state index in [2.05, 4.69) is 45.6 Å². The zero-order valence-electron chi connectivity index (χ0n) is 22.1. The Morgan fingerprint density at radius 2 is 1.75 bits per heavy atom. The van der Waals surface area contributed by atoms with Crippen molar-refractivity contribution in [3.8, 4) is 11.5 Å². The fourth-order valence-corrected chi connectivity index (χ4v) is 5.14. The number of hydrogen-bond donors (Lipinski definition) is 1. The van der Waals surface area contributed by atoms with Crippen LogP contribution in [0.3, 0.4) is 0 Å². The molecule has 1 N–H and O–H groups in total. The average molecular weight is 495 g/mol. The summed E-state index contributed by atoms with van der Waals surface area (Å²) in [6, 6.07) is 4.52. The van der Waals surface area contributed by atoms with E-state index in [0.29, 0.717) is 43.4 Å². The van der Waals surface area contributed by atoms with Crippen molar-refractivity contribution in [1.82, 2.24) is 9.80 Å². The van der Waals surface area contributed by atoms with Crippen LogP contribution in [0.1, 0.15) is 53.0 Å². The minimum atomic E-state index is -0.640. The van der Waals surface area contributed by atoms with Crippen LogP contribution < -0.4 is 9.47 Å². The first kappa shape index (κ1) is 26.0. The van der Waals surface area contributed by atoms with E-state index < -0.39 is 17.7 Å². The normalized spacial score (nSPS) is 21.6. The van der Waals surface area contributed by atoms with Crippen LogP contribution in [-0.4, -0.2) is 72.0 Å². The second-order valence-corrected chi connectivity index (χ2v) is 10.6. The van der Waals surface area contributed by atoms with Crippen LogP contribution in [0.25, 0.3) is 5.76 Å². The van der Waals surface area contributed by atoms with Crippen LogP contribution in [0.2, 0.25) is 0 Å². The first-order valence-electron chi connectivity index (χ1n) is 13.0. The van der Waals surface area contributed by atoms with E-state index in [1.807, 2.05) is 6.08 Å². The van der Waals surface area contributed by atoms with Gasteiger partial charge in [-0.05, 0) is 55.1 Å². The number of aliphatic hydroxyl groups is 1. The fraction of sp³-hybridized carbons (Fsp3) is 0.517. The molecule has 7 nitrogen and oxygen atoms in total. The van der Waals surface area contributed by atoms with Crippen LogP contribution >= 0.6 is 0 Å².